The highest BCUT2D eigenvalue weighted by molar-refractivity contribution is 6.30. The molecule has 0 bridgehead atoms. The summed E-state index contributed by atoms with van der Waals surface area (Å²) in [6.07, 6.45) is -0.523. The van der Waals surface area contributed by atoms with Crippen LogP contribution in [0.2, 0.25) is 5.22 Å². The van der Waals surface area contributed by atoms with Gasteiger partial charge in [0.15, 0.2) is 5.22 Å². The molecule has 1 aromatic heterocycles. The zero-order valence-corrected chi connectivity index (χ0v) is 12.4. The Labute approximate surface area is 128 Å². The summed E-state index contributed by atoms with van der Waals surface area (Å²) in [7, 11) is 0. The smallest absolute Gasteiger partial charge is 0.199 e. The molecule has 2 N–H and O–H groups in total. The molecule has 3 rings (SSSR count). The minimum Gasteiger partial charge on any atom is -0.444 e. The van der Waals surface area contributed by atoms with E-state index in [1.165, 1.54) is 0 Å². The number of para-hydroxylation sites is 2. The number of aliphatic hydroxyl groups excluding tert-OH is 1. The Morgan fingerprint density at radius 1 is 1.14 bits per heavy atom. The Morgan fingerprint density at radius 2 is 1.86 bits per heavy atom. The first-order valence-electron chi connectivity index (χ1n) is 6.83. The molecule has 0 aliphatic carbocycles. The Kier molecular flexibility index (Phi) is 3.86. The fourth-order valence-electron chi connectivity index (χ4n) is 2.44. The van der Waals surface area contributed by atoms with Crippen molar-refractivity contribution in [2.45, 2.75) is 19.6 Å². The van der Waals surface area contributed by atoms with Crippen molar-refractivity contribution in [1.29, 1.82) is 0 Å². The van der Waals surface area contributed by atoms with Crippen molar-refractivity contribution in [2.75, 3.05) is 5.32 Å². The van der Waals surface area contributed by atoms with Gasteiger partial charge in [-0.2, -0.15) is 0 Å². The second kappa shape index (κ2) is 5.80. The minimum absolute atomic E-state index is 0.401. The quantitative estimate of drug-likeness (QED) is 0.731. The molecule has 0 aliphatic heterocycles. The number of benzene rings is 2. The van der Waals surface area contributed by atoms with E-state index in [-0.39, 0.29) is 0 Å². The maximum Gasteiger partial charge on any atom is 0.199 e. The van der Waals surface area contributed by atoms with Crippen LogP contribution in [0.5, 0.6) is 0 Å². The van der Waals surface area contributed by atoms with Gasteiger partial charge in [-0.15, -0.1) is 0 Å². The molecule has 0 spiro atoms. The van der Waals surface area contributed by atoms with Crippen LogP contribution in [0.25, 0.3) is 11.0 Å². The van der Waals surface area contributed by atoms with E-state index >= 15 is 0 Å². The van der Waals surface area contributed by atoms with Gasteiger partial charge >= 0.3 is 0 Å². The molecule has 1 atom stereocenters. The summed E-state index contributed by atoms with van der Waals surface area (Å²) in [5.41, 5.74) is 3.46. The van der Waals surface area contributed by atoms with E-state index in [0.29, 0.717) is 11.8 Å². The maximum absolute atomic E-state index is 9.80. The van der Waals surface area contributed by atoms with E-state index in [0.717, 1.165) is 27.8 Å². The molecule has 3 nitrogen and oxygen atoms in total. The van der Waals surface area contributed by atoms with Gasteiger partial charge < -0.3 is 14.8 Å². The lowest BCUT2D eigenvalue weighted by atomic mass is 10.1. The lowest BCUT2D eigenvalue weighted by Crippen LogP contribution is -2.04. The molecule has 2 aromatic carbocycles. The summed E-state index contributed by atoms with van der Waals surface area (Å²) in [6, 6.07) is 15.5. The van der Waals surface area contributed by atoms with Crippen molar-refractivity contribution in [3.8, 4) is 0 Å². The van der Waals surface area contributed by atoms with E-state index < -0.39 is 6.10 Å². The fraction of sp³-hybridized carbons (Fsp3) is 0.176. The van der Waals surface area contributed by atoms with Crippen LogP contribution in [0.3, 0.4) is 0 Å². The Bertz CT molecular complexity index is 764. The zero-order valence-electron chi connectivity index (χ0n) is 11.6. The number of hydrogen-bond acceptors (Lipinski definition) is 3. The molecule has 0 fully saturated rings. The van der Waals surface area contributed by atoms with Crippen LogP contribution in [0.4, 0.5) is 5.69 Å². The minimum atomic E-state index is -0.523. The second-order valence-electron chi connectivity index (χ2n) is 4.97. The Hall–Kier alpha value is -1.97. The summed E-state index contributed by atoms with van der Waals surface area (Å²) in [5, 5.41) is 14.5. The molecule has 108 valence electrons. The number of furan rings is 1. The van der Waals surface area contributed by atoms with Crippen molar-refractivity contribution in [3.05, 3.63) is 64.9 Å². The molecular formula is C17H16ClNO2. The average Bonchev–Trinajstić information content (AvgIpc) is 2.81. The molecular weight excluding hydrogens is 286 g/mol. The van der Waals surface area contributed by atoms with Gasteiger partial charge in [0.25, 0.3) is 0 Å². The van der Waals surface area contributed by atoms with Crippen molar-refractivity contribution >= 4 is 28.3 Å². The van der Waals surface area contributed by atoms with E-state index in [9.17, 15) is 5.11 Å². The highest BCUT2D eigenvalue weighted by Gasteiger charge is 2.13. The zero-order chi connectivity index (χ0) is 14.8. The summed E-state index contributed by atoms with van der Waals surface area (Å²) in [4.78, 5) is 0. The molecule has 0 radical (unpaired) electrons. The second-order valence-corrected chi connectivity index (χ2v) is 5.31. The third-order valence-corrected chi connectivity index (χ3v) is 3.82. The predicted octanol–water partition coefficient (Wildman–Crippen LogP) is 4.75. The van der Waals surface area contributed by atoms with Crippen LogP contribution < -0.4 is 5.32 Å². The molecule has 21 heavy (non-hydrogen) atoms. The number of aliphatic hydroxyl groups is 1. The van der Waals surface area contributed by atoms with Crippen LogP contribution in [0.1, 0.15) is 24.2 Å². The first-order chi connectivity index (χ1) is 10.2. The van der Waals surface area contributed by atoms with Gasteiger partial charge in [-0.25, -0.2) is 0 Å². The van der Waals surface area contributed by atoms with Crippen LogP contribution in [0, 0.1) is 0 Å². The molecule has 0 amide bonds. The number of anilines is 1. The summed E-state index contributed by atoms with van der Waals surface area (Å²) in [5.74, 6) is 0. The first kappa shape index (κ1) is 14.0. The maximum atomic E-state index is 9.80. The predicted molar refractivity (Wildman–Crippen MR) is 85.6 cm³/mol. The van der Waals surface area contributed by atoms with Crippen LogP contribution >= 0.6 is 11.6 Å². The van der Waals surface area contributed by atoms with Gasteiger partial charge in [0.2, 0.25) is 0 Å². The van der Waals surface area contributed by atoms with E-state index in [1.807, 2.05) is 48.5 Å². The molecule has 4 heteroatoms. The summed E-state index contributed by atoms with van der Waals surface area (Å²) >= 11 is 6.18. The normalized spacial score (nSPS) is 12.5. The molecule has 3 aromatic rings. The van der Waals surface area contributed by atoms with Gasteiger partial charge in [0.1, 0.15) is 5.58 Å². The molecule has 0 aliphatic rings. The van der Waals surface area contributed by atoms with Gasteiger partial charge in [-0.05, 0) is 30.7 Å². The molecule has 1 heterocycles. The number of hydrogen-bond donors (Lipinski definition) is 2. The van der Waals surface area contributed by atoms with Gasteiger partial charge in [-0.3, -0.25) is 0 Å². The lowest BCUT2D eigenvalue weighted by molar-refractivity contribution is 0.200. The van der Waals surface area contributed by atoms with Crippen molar-refractivity contribution in [1.82, 2.24) is 0 Å². The number of nitrogens with one attached hydrogen (secondary N) is 1. The SMILES string of the molecule is CC(O)c1ccccc1NCc1c(Cl)oc2ccccc12. The third-order valence-electron chi connectivity index (χ3n) is 3.52. The van der Waals surface area contributed by atoms with E-state index in [1.54, 1.807) is 6.92 Å². The van der Waals surface area contributed by atoms with Crippen LogP contribution in [-0.4, -0.2) is 5.11 Å². The Balaban J connectivity index is 1.89. The Morgan fingerprint density at radius 3 is 2.67 bits per heavy atom. The van der Waals surface area contributed by atoms with E-state index in [2.05, 4.69) is 5.32 Å². The van der Waals surface area contributed by atoms with Gasteiger partial charge in [0.05, 0.1) is 6.10 Å². The largest absolute Gasteiger partial charge is 0.444 e. The van der Waals surface area contributed by atoms with Crippen molar-refractivity contribution < 1.29 is 9.52 Å². The van der Waals surface area contributed by atoms with Crippen LogP contribution in [-0.2, 0) is 6.54 Å². The topological polar surface area (TPSA) is 45.4 Å². The molecule has 0 saturated heterocycles. The number of halogens is 1. The summed E-state index contributed by atoms with van der Waals surface area (Å²) in [6.45, 7) is 2.29. The highest BCUT2D eigenvalue weighted by atomic mass is 35.5. The van der Waals surface area contributed by atoms with E-state index in [4.69, 9.17) is 16.0 Å². The highest BCUT2D eigenvalue weighted by Crippen LogP contribution is 2.31. The van der Waals surface area contributed by atoms with Crippen LogP contribution in [0.15, 0.2) is 52.9 Å². The summed E-state index contributed by atoms with van der Waals surface area (Å²) < 4.78 is 5.54. The standard InChI is InChI=1S/C17H16ClNO2/c1-11(20)12-6-2-4-8-15(12)19-10-14-13-7-3-5-9-16(13)21-17(14)18/h2-9,11,19-20H,10H2,1H3. The number of fused-ring (bicyclic) bond motifs is 1. The molecule has 1 unspecified atom stereocenters. The third kappa shape index (κ3) is 2.75. The first-order valence-corrected chi connectivity index (χ1v) is 7.21. The lowest BCUT2D eigenvalue weighted by Gasteiger charge is -2.13. The van der Waals surface area contributed by atoms with Crippen molar-refractivity contribution in [2.24, 2.45) is 0 Å². The van der Waals surface area contributed by atoms with Gasteiger partial charge in [-0.1, -0.05) is 36.4 Å². The van der Waals surface area contributed by atoms with Crippen molar-refractivity contribution in [3.63, 3.8) is 0 Å². The fourth-order valence-corrected chi connectivity index (χ4v) is 2.69. The number of rotatable bonds is 4. The monoisotopic (exact) mass is 301 g/mol. The van der Waals surface area contributed by atoms with Gasteiger partial charge in [0, 0.05) is 28.7 Å². The molecule has 0 saturated carbocycles. The average molecular weight is 302 g/mol.